The quantitative estimate of drug-likeness (QED) is 0.843. The molecule has 2 nitrogen and oxygen atoms in total. The third-order valence-electron chi connectivity index (χ3n) is 3.84. The van der Waals surface area contributed by atoms with Crippen molar-refractivity contribution in [2.24, 2.45) is 0 Å². The lowest BCUT2D eigenvalue weighted by Gasteiger charge is -2.38. The van der Waals surface area contributed by atoms with Crippen LogP contribution in [0.25, 0.3) is 0 Å². The summed E-state index contributed by atoms with van der Waals surface area (Å²) < 4.78 is 0. The molecule has 1 aromatic carbocycles. The van der Waals surface area contributed by atoms with Crippen molar-refractivity contribution in [1.82, 2.24) is 4.90 Å². The summed E-state index contributed by atoms with van der Waals surface area (Å²) in [4.78, 5) is 2.41. The van der Waals surface area contributed by atoms with Crippen LogP contribution in [-0.2, 0) is 5.54 Å². The minimum atomic E-state index is -0.207. The second-order valence-electron chi connectivity index (χ2n) is 4.94. The Labute approximate surface area is 97.9 Å². The van der Waals surface area contributed by atoms with E-state index in [-0.39, 0.29) is 12.1 Å². The van der Waals surface area contributed by atoms with E-state index in [0.29, 0.717) is 0 Å². The molecule has 1 saturated heterocycles. The highest BCUT2D eigenvalue weighted by Crippen LogP contribution is 2.32. The van der Waals surface area contributed by atoms with Crippen LogP contribution >= 0.6 is 0 Å². The minimum Gasteiger partial charge on any atom is -0.394 e. The Hall–Kier alpha value is -0.860. The predicted octanol–water partition coefficient (Wildman–Crippen LogP) is 2.30. The van der Waals surface area contributed by atoms with Gasteiger partial charge in [0.05, 0.1) is 12.1 Å². The molecule has 2 rings (SSSR count). The standard InChI is InChI=1S/C14H21NO/c1-12-7-3-4-8-13(12)14(2,11-16)15-9-5-6-10-15/h3-4,7-8,16H,5-6,9-11H2,1-2H3/t14-/m1/s1. The fraction of sp³-hybridized carbons (Fsp3) is 0.571. The maximum atomic E-state index is 9.78. The zero-order valence-electron chi connectivity index (χ0n) is 10.2. The van der Waals surface area contributed by atoms with Gasteiger partial charge in [-0.1, -0.05) is 24.3 Å². The minimum absolute atomic E-state index is 0.192. The van der Waals surface area contributed by atoms with Gasteiger partial charge in [-0.05, 0) is 50.9 Å². The van der Waals surface area contributed by atoms with Gasteiger partial charge >= 0.3 is 0 Å². The second-order valence-corrected chi connectivity index (χ2v) is 4.94. The summed E-state index contributed by atoms with van der Waals surface area (Å²) in [6.45, 7) is 6.68. The average Bonchev–Trinajstić information content (AvgIpc) is 2.82. The Morgan fingerprint density at radius 1 is 1.25 bits per heavy atom. The van der Waals surface area contributed by atoms with E-state index in [9.17, 15) is 5.11 Å². The van der Waals surface area contributed by atoms with E-state index in [1.54, 1.807) is 0 Å². The Kier molecular flexibility index (Phi) is 3.31. The third-order valence-corrected chi connectivity index (χ3v) is 3.84. The monoisotopic (exact) mass is 219 g/mol. The molecule has 1 aromatic rings. The van der Waals surface area contributed by atoms with E-state index in [4.69, 9.17) is 0 Å². The van der Waals surface area contributed by atoms with Gasteiger partial charge in [-0.2, -0.15) is 0 Å². The summed E-state index contributed by atoms with van der Waals surface area (Å²) in [5, 5.41) is 9.78. The molecule has 1 aliphatic rings. The Morgan fingerprint density at radius 3 is 2.44 bits per heavy atom. The molecule has 1 atom stereocenters. The first-order valence-electron chi connectivity index (χ1n) is 6.10. The maximum Gasteiger partial charge on any atom is 0.0668 e. The summed E-state index contributed by atoms with van der Waals surface area (Å²) in [5.41, 5.74) is 2.33. The van der Waals surface area contributed by atoms with Crippen LogP contribution in [0.5, 0.6) is 0 Å². The molecule has 1 N–H and O–H groups in total. The zero-order valence-corrected chi connectivity index (χ0v) is 10.2. The van der Waals surface area contributed by atoms with Gasteiger partial charge in [-0.3, -0.25) is 4.90 Å². The molecule has 2 heteroatoms. The van der Waals surface area contributed by atoms with Crippen LogP contribution in [0.1, 0.15) is 30.9 Å². The van der Waals surface area contributed by atoms with E-state index in [0.717, 1.165) is 13.1 Å². The number of likely N-dealkylation sites (tertiary alicyclic amines) is 1. The molecule has 0 aliphatic carbocycles. The molecule has 88 valence electrons. The van der Waals surface area contributed by atoms with Crippen LogP contribution in [-0.4, -0.2) is 29.7 Å². The SMILES string of the molecule is Cc1ccccc1[C@@](C)(CO)N1CCCC1. The second kappa shape index (κ2) is 4.56. The van der Waals surface area contributed by atoms with Crippen molar-refractivity contribution in [1.29, 1.82) is 0 Å². The van der Waals surface area contributed by atoms with Crippen molar-refractivity contribution in [2.45, 2.75) is 32.2 Å². The highest BCUT2D eigenvalue weighted by Gasteiger charge is 2.35. The summed E-state index contributed by atoms with van der Waals surface area (Å²) in [6.07, 6.45) is 2.50. The van der Waals surface area contributed by atoms with Gasteiger partial charge < -0.3 is 5.11 Å². The molecule has 1 aliphatic heterocycles. The smallest absolute Gasteiger partial charge is 0.0668 e. The largest absolute Gasteiger partial charge is 0.394 e. The van der Waals surface area contributed by atoms with Crippen molar-refractivity contribution in [3.8, 4) is 0 Å². The van der Waals surface area contributed by atoms with Crippen LogP contribution in [0.4, 0.5) is 0 Å². The molecular formula is C14H21NO. The van der Waals surface area contributed by atoms with Crippen molar-refractivity contribution >= 4 is 0 Å². The van der Waals surface area contributed by atoms with E-state index < -0.39 is 0 Å². The average molecular weight is 219 g/mol. The van der Waals surface area contributed by atoms with Gasteiger partial charge in [-0.25, -0.2) is 0 Å². The van der Waals surface area contributed by atoms with Gasteiger partial charge in [0.15, 0.2) is 0 Å². The fourth-order valence-electron chi connectivity index (χ4n) is 2.74. The Bertz CT molecular complexity index is 358. The molecular weight excluding hydrogens is 198 g/mol. The lowest BCUT2D eigenvalue weighted by Crippen LogP contribution is -2.45. The Balaban J connectivity index is 2.37. The van der Waals surface area contributed by atoms with Crippen LogP contribution in [0.3, 0.4) is 0 Å². The van der Waals surface area contributed by atoms with Crippen molar-refractivity contribution in [3.63, 3.8) is 0 Å². The van der Waals surface area contributed by atoms with Crippen LogP contribution in [0.15, 0.2) is 24.3 Å². The van der Waals surface area contributed by atoms with E-state index in [1.807, 2.05) is 0 Å². The maximum absolute atomic E-state index is 9.78. The van der Waals surface area contributed by atoms with Crippen LogP contribution in [0.2, 0.25) is 0 Å². The normalized spacial score (nSPS) is 20.9. The first-order chi connectivity index (χ1) is 7.68. The molecule has 0 spiro atoms. The molecule has 1 fully saturated rings. The van der Waals surface area contributed by atoms with E-state index in [1.165, 1.54) is 24.0 Å². The first kappa shape index (κ1) is 11.6. The lowest BCUT2D eigenvalue weighted by atomic mass is 9.88. The van der Waals surface area contributed by atoms with Crippen LogP contribution < -0.4 is 0 Å². The molecule has 0 bridgehead atoms. The molecule has 0 radical (unpaired) electrons. The highest BCUT2D eigenvalue weighted by molar-refractivity contribution is 5.32. The van der Waals surface area contributed by atoms with E-state index >= 15 is 0 Å². The van der Waals surface area contributed by atoms with Crippen LogP contribution in [0, 0.1) is 6.92 Å². The molecule has 0 aromatic heterocycles. The van der Waals surface area contributed by atoms with Gasteiger partial charge in [0.1, 0.15) is 0 Å². The first-order valence-corrected chi connectivity index (χ1v) is 6.10. The van der Waals surface area contributed by atoms with Gasteiger partial charge in [-0.15, -0.1) is 0 Å². The highest BCUT2D eigenvalue weighted by atomic mass is 16.3. The van der Waals surface area contributed by atoms with Crippen molar-refractivity contribution in [2.75, 3.05) is 19.7 Å². The van der Waals surface area contributed by atoms with Gasteiger partial charge in [0, 0.05) is 0 Å². The molecule has 0 amide bonds. The molecule has 1 heterocycles. The topological polar surface area (TPSA) is 23.5 Å². The van der Waals surface area contributed by atoms with Crippen molar-refractivity contribution < 1.29 is 5.11 Å². The third kappa shape index (κ3) is 1.87. The number of rotatable bonds is 3. The number of nitrogens with zero attached hydrogens (tertiary/aromatic N) is 1. The molecule has 0 unspecified atom stereocenters. The number of benzene rings is 1. The summed E-state index contributed by atoms with van der Waals surface area (Å²) in [7, 11) is 0. The number of aliphatic hydroxyl groups is 1. The predicted molar refractivity (Wildman–Crippen MR) is 66.4 cm³/mol. The molecule has 0 saturated carbocycles. The summed E-state index contributed by atoms with van der Waals surface area (Å²) >= 11 is 0. The van der Waals surface area contributed by atoms with Gasteiger partial charge in [0.2, 0.25) is 0 Å². The summed E-state index contributed by atoms with van der Waals surface area (Å²) in [6, 6.07) is 8.39. The van der Waals surface area contributed by atoms with Crippen molar-refractivity contribution in [3.05, 3.63) is 35.4 Å². The zero-order chi connectivity index (χ0) is 11.6. The number of hydrogen-bond donors (Lipinski definition) is 1. The molecule has 16 heavy (non-hydrogen) atoms. The number of aliphatic hydroxyl groups excluding tert-OH is 1. The number of hydrogen-bond acceptors (Lipinski definition) is 2. The van der Waals surface area contributed by atoms with Gasteiger partial charge in [0.25, 0.3) is 0 Å². The summed E-state index contributed by atoms with van der Waals surface area (Å²) in [5.74, 6) is 0. The fourth-order valence-corrected chi connectivity index (χ4v) is 2.74. The Morgan fingerprint density at radius 2 is 1.88 bits per heavy atom. The number of aryl methyl sites for hydroxylation is 1. The lowest BCUT2D eigenvalue weighted by molar-refractivity contribution is 0.0595. The van der Waals surface area contributed by atoms with E-state index in [2.05, 4.69) is 43.0 Å².